The second kappa shape index (κ2) is 52.2. The first kappa shape index (κ1) is 108. The Balaban J connectivity index is 0.000000128. The molecule has 21 rings (SSSR count). The van der Waals surface area contributed by atoms with E-state index in [1.54, 1.807) is 43.8 Å². The summed E-state index contributed by atoms with van der Waals surface area (Å²) >= 11 is 18.9. The molecule has 1 amide bonds. The third-order valence-electron chi connectivity index (χ3n) is 30.0. The number of rotatable bonds is 21. The van der Waals surface area contributed by atoms with Crippen LogP contribution in [-0.2, 0) is 26.7 Å². The molecule has 0 unspecified atom stereocenters. The molecular weight excluding hydrogens is 2020 g/mol. The molecular formula is C122H142Br2Cl2N16O6. The molecule has 22 nitrogen and oxygen atoms in total. The number of carbonyl (C=O) groups excluding carboxylic acids is 3. The van der Waals surface area contributed by atoms with Crippen LogP contribution in [0, 0.1) is 34.6 Å². The molecule has 2 aromatic heterocycles. The number of aromatic nitrogens is 3. The van der Waals surface area contributed by atoms with Gasteiger partial charge in [-0.15, -0.1) is 0 Å². The molecule has 7 fully saturated rings. The summed E-state index contributed by atoms with van der Waals surface area (Å²) in [6.07, 6.45) is 7.58. The number of nitrogens with zero attached hydrogens (tertiary/aromatic N) is 15. The second-order valence-corrected chi connectivity index (χ2v) is 42.3. The summed E-state index contributed by atoms with van der Waals surface area (Å²) in [5, 5.41) is 18.4. The zero-order valence-corrected chi connectivity index (χ0v) is 92.1. The lowest BCUT2D eigenvalue weighted by atomic mass is 10.1. The van der Waals surface area contributed by atoms with E-state index >= 15 is 0 Å². The Morgan fingerprint density at radius 3 is 1.50 bits per heavy atom. The fourth-order valence-electron chi connectivity index (χ4n) is 20.9. The minimum atomic E-state index is -0.0294. The van der Waals surface area contributed by atoms with Crippen molar-refractivity contribution >= 4 is 140 Å². The summed E-state index contributed by atoms with van der Waals surface area (Å²) in [5.74, 6) is 1.09. The Labute approximate surface area is 901 Å². The fraction of sp³-hybridized carbons (Fsp3) is 0.352. The normalized spacial score (nSPS) is 16.1. The molecule has 14 aromatic rings. The average molecular weight is 2160 g/mol. The molecule has 774 valence electrons. The number of para-hydroxylation sites is 1. The van der Waals surface area contributed by atoms with Gasteiger partial charge in [-0.1, -0.05) is 144 Å². The van der Waals surface area contributed by atoms with Gasteiger partial charge in [-0.3, -0.25) is 48.4 Å². The smallest absolute Gasteiger partial charge is 0.276 e. The van der Waals surface area contributed by atoms with Gasteiger partial charge in [-0.25, -0.2) is 4.68 Å². The molecule has 0 spiro atoms. The molecule has 0 radical (unpaired) electrons. The number of amides is 1. The fourth-order valence-corrected chi connectivity index (χ4v) is 22.3. The highest BCUT2D eigenvalue weighted by atomic mass is 79.9. The molecule has 0 atom stereocenters. The maximum Gasteiger partial charge on any atom is 0.276 e. The van der Waals surface area contributed by atoms with Gasteiger partial charge in [-0.05, 0) is 310 Å². The Kier molecular flexibility index (Phi) is 38.2. The monoisotopic (exact) mass is 2150 g/mol. The molecule has 6 saturated heterocycles. The van der Waals surface area contributed by atoms with E-state index in [0.717, 1.165) is 232 Å². The number of fused-ring (bicyclic) bond motifs is 2. The summed E-state index contributed by atoms with van der Waals surface area (Å²) in [6.45, 7) is 43.8. The number of likely N-dealkylation sites (N-methyl/N-ethyl adjacent to an activating group) is 1. The lowest BCUT2D eigenvalue weighted by Crippen LogP contribution is -2.49. The number of ketones is 2. The molecule has 148 heavy (non-hydrogen) atoms. The number of methoxy groups -OCH3 is 1. The number of aryl methyl sites for hydroxylation is 3. The number of carbonyl (C=O) groups is 3. The number of piperazine rings is 6. The van der Waals surface area contributed by atoms with Gasteiger partial charge in [0.1, 0.15) is 11.5 Å². The largest absolute Gasteiger partial charge is 0.506 e. The highest BCUT2D eigenvalue weighted by Crippen LogP contribution is 2.36. The molecule has 2 N–H and O–H groups in total. The topological polar surface area (TPSA) is 171 Å². The highest BCUT2D eigenvalue weighted by molar-refractivity contribution is 9.10. The zero-order valence-electron chi connectivity index (χ0n) is 87.4. The number of phenols is 1. The van der Waals surface area contributed by atoms with E-state index in [4.69, 9.17) is 27.9 Å². The van der Waals surface area contributed by atoms with E-state index < -0.39 is 0 Å². The first-order valence-corrected chi connectivity index (χ1v) is 54.6. The summed E-state index contributed by atoms with van der Waals surface area (Å²) in [6, 6.07) is 91.1. The molecule has 8 heterocycles. The standard InChI is InChI=1S/C25H26N4.C24H28N4O2.C20H25BrN2O.C19H21BrN2O.C19H21ClN2O2.C15H21ClN2/c1-2-28-13-15-29(16-14-28)22-9-7-21(8-10-22)27-24-11-12-26-25-18-20-6-4-3-5-19(20)17-23(24)25;1-18-23(24(30)28(25(18)3)22-7-5-4-6-8-22)17-26-13-15-27(16-14-26)21-11-9-20(10-12-21)19(2)29;1-14-5-4-6-19(16(14)3)23-9-7-22(8-10-23)13-17-11-15(2)20(24)18(21)12-17;1-15(23)17-5-7-19(8-6-17)22-11-9-21(10-12-22)14-16-3-2-4-18(20)13-16;1-14-4-3-5-16(12-14)21-8-10-22(11-9-21)19(23)17-13-15(20)6-7-18(17)24-2;16-13-5-7-15(8-6-13)18-11-9-17(10-12-18)14-3-1-2-4-14/h3-12,17-18H,2,13-16H2,1H3,(H,26,27);4-12H,13-17H2,1-3H3;4-6,11-12,24H,7-10,13H2,1-3H3;2-8,13H,9-12,14H2,1H3;3-7,12-13H,8-11H2,1-2H3;5-8,14H,1-4,9-12H2. The van der Waals surface area contributed by atoms with Crippen LogP contribution in [0.2, 0.25) is 10.0 Å². The quantitative estimate of drug-likeness (QED) is 0.0514. The van der Waals surface area contributed by atoms with Crippen molar-refractivity contribution < 1.29 is 24.2 Å². The lowest BCUT2D eigenvalue weighted by Gasteiger charge is -2.39. The number of Topliss-reactive ketones (excluding diaryl/α,β-unsaturated/α-hetero) is 2. The number of anilines is 8. The van der Waals surface area contributed by atoms with Crippen molar-refractivity contribution in [3.63, 3.8) is 0 Å². The van der Waals surface area contributed by atoms with E-state index in [0.29, 0.717) is 41.7 Å². The number of hydrogen-bond donors (Lipinski definition) is 2. The van der Waals surface area contributed by atoms with Gasteiger partial charge in [0.05, 0.1) is 33.9 Å². The third kappa shape index (κ3) is 28.6. The van der Waals surface area contributed by atoms with Crippen molar-refractivity contribution in [1.29, 1.82) is 0 Å². The average Bonchev–Trinajstić information content (AvgIpc) is 1.39. The molecule has 1 saturated carbocycles. The van der Waals surface area contributed by atoms with Crippen LogP contribution >= 0.6 is 55.1 Å². The summed E-state index contributed by atoms with van der Waals surface area (Å²) in [4.78, 5) is 82.2. The van der Waals surface area contributed by atoms with E-state index in [2.05, 4.69) is 288 Å². The van der Waals surface area contributed by atoms with Crippen LogP contribution in [-0.4, -0.2) is 243 Å². The van der Waals surface area contributed by atoms with Gasteiger partial charge in [0, 0.05) is 278 Å². The minimum absolute atomic E-state index is 0.0294. The first-order chi connectivity index (χ1) is 71.7. The van der Waals surface area contributed by atoms with E-state index in [9.17, 15) is 24.3 Å². The van der Waals surface area contributed by atoms with E-state index in [-0.39, 0.29) is 23.0 Å². The van der Waals surface area contributed by atoms with Gasteiger partial charge < -0.3 is 54.4 Å². The number of phenolic OH excluding ortho intramolecular Hbond substituents is 1. The zero-order chi connectivity index (χ0) is 104. The third-order valence-corrected chi connectivity index (χ3v) is 31.6. The molecule has 26 heteroatoms. The minimum Gasteiger partial charge on any atom is -0.506 e. The predicted molar refractivity (Wildman–Crippen MR) is 620 cm³/mol. The van der Waals surface area contributed by atoms with Crippen LogP contribution in [0.3, 0.4) is 0 Å². The predicted octanol–water partition coefficient (Wildman–Crippen LogP) is 23.7. The highest BCUT2D eigenvalue weighted by Gasteiger charge is 2.31. The van der Waals surface area contributed by atoms with E-state index in [1.165, 1.54) is 106 Å². The van der Waals surface area contributed by atoms with Crippen molar-refractivity contribution in [3.05, 3.63) is 364 Å². The SMILES string of the molecule is CC(=O)c1ccc(N2CCN(Cc3c(C)n(C)n(-c4ccccc4)c3=O)CC2)cc1.CC(=O)c1ccc(N2CCN(Cc3cccc(Br)c3)CC2)cc1.CCN1CCN(c2ccc(Nc3ccnc4cc5ccccc5cc34)cc2)CC1.COc1ccc(Cl)cc1C(=O)N1CCN(c2cccc(C)c2)CC1.Cc1cccc(N2CCN(Cc3cc(C)c(O)c(Br)c3)CC2)c1C.Clc1ccc(N2CCN(C3CCCC3)CC2)cc1. The summed E-state index contributed by atoms with van der Waals surface area (Å²) < 4.78 is 10.9. The Morgan fingerprint density at radius 2 is 0.946 bits per heavy atom. The number of pyridine rings is 1. The maximum absolute atomic E-state index is 13.1. The summed E-state index contributed by atoms with van der Waals surface area (Å²) in [5.41, 5.74) is 23.1. The second-order valence-electron chi connectivity index (χ2n) is 39.7. The van der Waals surface area contributed by atoms with Crippen molar-refractivity contribution in [2.75, 3.05) is 205 Å². The molecule has 1 aliphatic carbocycles. The van der Waals surface area contributed by atoms with Gasteiger partial charge in [0.15, 0.2) is 11.6 Å². The van der Waals surface area contributed by atoms with Crippen LogP contribution in [0.4, 0.5) is 45.5 Å². The Morgan fingerprint density at radius 1 is 0.453 bits per heavy atom. The number of halogens is 4. The molecule has 0 bridgehead atoms. The molecule has 7 aliphatic rings. The summed E-state index contributed by atoms with van der Waals surface area (Å²) in [7, 11) is 3.51. The number of aromatic hydroxyl groups is 1. The van der Waals surface area contributed by atoms with Crippen LogP contribution in [0.25, 0.3) is 27.4 Å². The van der Waals surface area contributed by atoms with Gasteiger partial charge in [0.2, 0.25) is 0 Å². The van der Waals surface area contributed by atoms with E-state index in [1.807, 2.05) is 122 Å². The van der Waals surface area contributed by atoms with Crippen LogP contribution < -0.4 is 45.0 Å². The van der Waals surface area contributed by atoms with Crippen molar-refractivity contribution in [3.8, 4) is 17.2 Å². The number of ether oxygens (including phenoxy) is 1. The van der Waals surface area contributed by atoms with Crippen LogP contribution in [0.15, 0.2) is 287 Å². The number of hydrogen-bond acceptors (Lipinski definition) is 19. The Hall–Kier alpha value is -12.3. The van der Waals surface area contributed by atoms with Crippen molar-refractivity contribution in [2.45, 2.75) is 107 Å². The molecule has 12 aromatic carbocycles. The first-order valence-electron chi connectivity index (χ1n) is 52.3. The number of nitrogens with one attached hydrogen (secondary N) is 1. The molecule has 6 aliphatic heterocycles. The van der Waals surface area contributed by atoms with Crippen LogP contribution in [0.1, 0.15) is 122 Å². The van der Waals surface area contributed by atoms with Crippen molar-refractivity contribution in [2.24, 2.45) is 7.05 Å². The lowest BCUT2D eigenvalue weighted by molar-refractivity contribution is 0.0742. The van der Waals surface area contributed by atoms with Crippen molar-refractivity contribution in [1.82, 2.24) is 43.7 Å². The maximum atomic E-state index is 13.1. The van der Waals surface area contributed by atoms with Gasteiger partial charge >= 0.3 is 0 Å². The Bertz CT molecular complexity index is 6800. The van der Waals surface area contributed by atoms with Gasteiger partial charge in [-0.2, -0.15) is 0 Å². The van der Waals surface area contributed by atoms with Crippen LogP contribution in [0.5, 0.6) is 11.5 Å². The number of benzene rings is 12. The van der Waals surface area contributed by atoms with Gasteiger partial charge in [0.25, 0.3) is 11.5 Å².